The number of rotatable bonds is 5. The summed E-state index contributed by atoms with van der Waals surface area (Å²) in [5.74, 6) is 2.19. The number of nitrogens with one attached hydrogen (secondary N) is 1. The average molecular weight is 491 g/mol. The molecule has 2 amide bonds. The van der Waals surface area contributed by atoms with E-state index in [1.165, 1.54) is 0 Å². The number of carbonyl (C=O) groups is 2. The molecule has 10 heteroatoms. The minimum atomic E-state index is -0.354. The van der Waals surface area contributed by atoms with E-state index in [9.17, 15) is 9.59 Å². The van der Waals surface area contributed by atoms with Crippen LogP contribution >= 0.6 is 0 Å². The summed E-state index contributed by atoms with van der Waals surface area (Å²) in [4.78, 5) is 32.0. The van der Waals surface area contributed by atoms with E-state index in [4.69, 9.17) is 9.47 Å². The van der Waals surface area contributed by atoms with Gasteiger partial charge in [0, 0.05) is 25.6 Å². The first-order valence-electron chi connectivity index (χ1n) is 12.2. The Kier molecular flexibility index (Phi) is 6.34. The standard InChI is InChI=1S/C26H30N6O4/c1-15(2)36-26(34)31-11-10-17-13-21(35-4)19(12-18(17)14-31)25(33)28-22-7-5-6-20(27-22)24-30-29-23-9-8-16(3)32(23)24/h5-7,12-13,15-16H,8-11,14H2,1-4H3,(H,27,28,33)/t16-/m1/s1. The highest BCUT2D eigenvalue weighted by Crippen LogP contribution is 2.31. The molecular formula is C26H30N6O4. The summed E-state index contributed by atoms with van der Waals surface area (Å²) < 4.78 is 13.0. The van der Waals surface area contributed by atoms with Crippen LogP contribution in [-0.2, 0) is 24.1 Å². The molecule has 1 N–H and O–H groups in total. The SMILES string of the molecule is COc1cc2c(cc1C(=O)Nc1cccc(-c3nnc4n3[C@H](C)CC4)n1)CN(C(=O)OC(C)C)CC2. The first-order chi connectivity index (χ1) is 17.3. The average Bonchev–Trinajstić information content (AvgIpc) is 3.45. The fourth-order valence-corrected chi connectivity index (χ4v) is 4.78. The summed E-state index contributed by atoms with van der Waals surface area (Å²) in [5.41, 5.74) is 2.96. The fraction of sp³-hybridized carbons (Fsp3) is 0.423. The monoisotopic (exact) mass is 490 g/mol. The summed E-state index contributed by atoms with van der Waals surface area (Å²) in [7, 11) is 1.54. The van der Waals surface area contributed by atoms with E-state index in [2.05, 4.69) is 32.0 Å². The molecule has 3 aromatic rings. The number of hydrogen-bond acceptors (Lipinski definition) is 7. The van der Waals surface area contributed by atoms with Crippen molar-refractivity contribution >= 4 is 17.8 Å². The summed E-state index contributed by atoms with van der Waals surface area (Å²) in [6.07, 6.45) is 2.04. The van der Waals surface area contributed by atoms with E-state index in [1.807, 2.05) is 32.0 Å². The molecule has 2 aromatic heterocycles. The van der Waals surface area contributed by atoms with Crippen LogP contribution in [0.2, 0.25) is 0 Å². The lowest BCUT2D eigenvalue weighted by Gasteiger charge is -2.29. The fourth-order valence-electron chi connectivity index (χ4n) is 4.78. The predicted octanol–water partition coefficient (Wildman–Crippen LogP) is 4.01. The third kappa shape index (κ3) is 4.50. The molecule has 2 aliphatic rings. The molecule has 188 valence electrons. The van der Waals surface area contributed by atoms with Crippen molar-refractivity contribution in [3.05, 3.63) is 52.8 Å². The van der Waals surface area contributed by atoms with Gasteiger partial charge in [-0.2, -0.15) is 0 Å². The molecule has 36 heavy (non-hydrogen) atoms. The van der Waals surface area contributed by atoms with Crippen LogP contribution in [0.25, 0.3) is 11.5 Å². The van der Waals surface area contributed by atoms with Crippen LogP contribution in [0.3, 0.4) is 0 Å². The second-order valence-electron chi connectivity index (χ2n) is 9.48. The van der Waals surface area contributed by atoms with E-state index in [-0.39, 0.29) is 18.1 Å². The molecule has 1 aromatic carbocycles. The van der Waals surface area contributed by atoms with Crippen molar-refractivity contribution in [3.8, 4) is 17.3 Å². The molecule has 10 nitrogen and oxygen atoms in total. The number of fused-ring (bicyclic) bond motifs is 2. The quantitative estimate of drug-likeness (QED) is 0.575. The molecule has 5 rings (SSSR count). The summed E-state index contributed by atoms with van der Waals surface area (Å²) in [5, 5.41) is 11.5. The lowest BCUT2D eigenvalue weighted by atomic mass is 9.96. The zero-order valence-corrected chi connectivity index (χ0v) is 20.9. The Balaban J connectivity index is 1.38. The van der Waals surface area contributed by atoms with Gasteiger partial charge in [-0.1, -0.05) is 6.07 Å². The van der Waals surface area contributed by atoms with Crippen molar-refractivity contribution in [1.82, 2.24) is 24.6 Å². The lowest BCUT2D eigenvalue weighted by Crippen LogP contribution is -2.37. The van der Waals surface area contributed by atoms with Gasteiger partial charge in [0.05, 0.1) is 18.8 Å². The molecule has 4 heterocycles. The van der Waals surface area contributed by atoms with Crippen molar-refractivity contribution < 1.29 is 19.1 Å². The molecule has 0 unspecified atom stereocenters. The Morgan fingerprint density at radius 1 is 1.14 bits per heavy atom. The second-order valence-corrected chi connectivity index (χ2v) is 9.48. The maximum Gasteiger partial charge on any atom is 0.410 e. The lowest BCUT2D eigenvalue weighted by molar-refractivity contribution is 0.0730. The van der Waals surface area contributed by atoms with Crippen LogP contribution in [0.1, 0.15) is 60.5 Å². The third-order valence-corrected chi connectivity index (χ3v) is 6.59. The Morgan fingerprint density at radius 3 is 2.75 bits per heavy atom. The Hall–Kier alpha value is -3.95. The zero-order valence-electron chi connectivity index (χ0n) is 20.9. The normalized spacial score (nSPS) is 16.5. The minimum Gasteiger partial charge on any atom is -0.496 e. The molecule has 0 radical (unpaired) electrons. The van der Waals surface area contributed by atoms with Crippen LogP contribution in [0, 0.1) is 0 Å². The number of pyridine rings is 1. The molecule has 0 bridgehead atoms. The maximum atomic E-state index is 13.3. The number of ether oxygens (including phenoxy) is 2. The number of amides is 2. The number of hydrogen-bond donors (Lipinski definition) is 1. The Morgan fingerprint density at radius 2 is 1.97 bits per heavy atom. The molecule has 0 saturated heterocycles. The van der Waals surface area contributed by atoms with Gasteiger partial charge < -0.3 is 24.3 Å². The molecule has 0 saturated carbocycles. The van der Waals surface area contributed by atoms with Crippen molar-refractivity contribution in [3.63, 3.8) is 0 Å². The van der Waals surface area contributed by atoms with Gasteiger partial charge in [-0.3, -0.25) is 4.79 Å². The molecular weight excluding hydrogens is 460 g/mol. The zero-order chi connectivity index (χ0) is 25.4. The number of carbonyl (C=O) groups excluding carboxylic acids is 2. The van der Waals surface area contributed by atoms with Crippen LogP contribution in [0.5, 0.6) is 5.75 Å². The maximum absolute atomic E-state index is 13.3. The first kappa shape index (κ1) is 23.8. The number of methoxy groups -OCH3 is 1. The molecule has 2 aliphatic heterocycles. The van der Waals surface area contributed by atoms with Crippen LogP contribution in [0.4, 0.5) is 10.6 Å². The highest BCUT2D eigenvalue weighted by molar-refractivity contribution is 6.06. The second kappa shape index (κ2) is 9.60. The van der Waals surface area contributed by atoms with Crippen molar-refractivity contribution in [2.45, 2.75) is 58.7 Å². The van der Waals surface area contributed by atoms with Gasteiger partial charge in [0.15, 0.2) is 5.82 Å². The largest absolute Gasteiger partial charge is 0.496 e. The van der Waals surface area contributed by atoms with Gasteiger partial charge in [0.2, 0.25) is 0 Å². The third-order valence-electron chi connectivity index (χ3n) is 6.59. The van der Waals surface area contributed by atoms with E-state index in [0.29, 0.717) is 54.2 Å². The number of aryl methyl sites for hydroxylation is 1. The van der Waals surface area contributed by atoms with Crippen molar-refractivity contribution in [2.75, 3.05) is 19.0 Å². The molecule has 0 aliphatic carbocycles. The summed E-state index contributed by atoms with van der Waals surface area (Å²) in [6.45, 7) is 6.71. The van der Waals surface area contributed by atoms with E-state index in [1.54, 1.807) is 24.1 Å². The Bertz CT molecular complexity index is 1320. The topological polar surface area (TPSA) is 111 Å². The molecule has 0 spiro atoms. The van der Waals surface area contributed by atoms with E-state index in [0.717, 1.165) is 29.8 Å². The van der Waals surface area contributed by atoms with Gasteiger partial charge in [-0.05, 0) is 69.0 Å². The van der Waals surface area contributed by atoms with Gasteiger partial charge in [0.25, 0.3) is 5.91 Å². The number of aromatic nitrogens is 4. The highest BCUT2D eigenvalue weighted by Gasteiger charge is 2.27. The summed E-state index contributed by atoms with van der Waals surface area (Å²) >= 11 is 0. The van der Waals surface area contributed by atoms with Crippen LogP contribution in [-0.4, -0.2) is 56.4 Å². The minimum absolute atomic E-state index is 0.193. The van der Waals surface area contributed by atoms with Crippen LogP contribution < -0.4 is 10.1 Å². The highest BCUT2D eigenvalue weighted by atomic mass is 16.6. The predicted molar refractivity (Wildman–Crippen MR) is 133 cm³/mol. The smallest absolute Gasteiger partial charge is 0.410 e. The summed E-state index contributed by atoms with van der Waals surface area (Å²) in [6, 6.07) is 9.40. The first-order valence-corrected chi connectivity index (χ1v) is 12.2. The van der Waals surface area contributed by atoms with E-state index < -0.39 is 0 Å². The van der Waals surface area contributed by atoms with Gasteiger partial charge in [-0.15, -0.1) is 10.2 Å². The number of benzene rings is 1. The van der Waals surface area contributed by atoms with Crippen LogP contribution in [0.15, 0.2) is 30.3 Å². The molecule has 1 atom stereocenters. The Labute approximate surface area is 209 Å². The van der Waals surface area contributed by atoms with Gasteiger partial charge in [-0.25, -0.2) is 9.78 Å². The van der Waals surface area contributed by atoms with Gasteiger partial charge in [0.1, 0.15) is 23.1 Å². The number of nitrogens with zero attached hydrogens (tertiary/aromatic N) is 5. The number of anilines is 1. The van der Waals surface area contributed by atoms with E-state index >= 15 is 0 Å². The van der Waals surface area contributed by atoms with Crippen molar-refractivity contribution in [1.29, 1.82) is 0 Å². The van der Waals surface area contributed by atoms with Gasteiger partial charge >= 0.3 is 6.09 Å². The van der Waals surface area contributed by atoms with Crippen molar-refractivity contribution in [2.24, 2.45) is 0 Å². The molecule has 0 fully saturated rings.